The molecular formula is C26H32Cl2N6O3. The topological polar surface area (TPSA) is 93.5 Å². The lowest BCUT2D eigenvalue weighted by Crippen LogP contribution is -2.54. The molecule has 1 aliphatic heterocycles. The Bertz CT molecular complexity index is 1380. The van der Waals surface area contributed by atoms with Gasteiger partial charge in [0.15, 0.2) is 5.65 Å². The Morgan fingerprint density at radius 3 is 2.68 bits per heavy atom. The average molecular weight is 547 g/mol. The number of hydrogen-bond donors (Lipinski definition) is 0. The van der Waals surface area contributed by atoms with Crippen LogP contribution in [0.5, 0.6) is 0 Å². The van der Waals surface area contributed by atoms with Crippen LogP contribution >= 0.6 is 23.2 Å². The van der Waals surface area contributed by atoms with Crippen molar-refractivity contribution in [2.45, 2.75) is 59.4 Å². The second kappa shape index (κ2) is 11.2. The number of unbranched alkanes of at least 4 members (excludes halogenated alkanes) is 1. The van der Waals surface area contributed by atoms with Crippen molar-refractivity contribution < 1.29 is 9.53 Å². The fraction of sp³-hybridized carbons (Fsp3) is 0.500. The number of aromatic nitrogens is 4. The number of amides is 1. The van der Waals surface area contributed by atoms with Crippen LogP contribution in [0.4, 0.5) is 10.6 Å². The molecule has 3 aromatic rings. The van der Waals surface area contributed by atoms with Crippen LogP contribution in [0.3, 0.4) is 0 Å². The smallest absolute Gasteiger partial charge is 0.409 e. The first-order valence-corrected chi connectivity index (χ1v) is 13.3. The zero-order valence-electron chi connectivity index (χ0n) is 21.8. The van der Waals surface area contributed by atoms with Crippen LogP contribution < -0.4 is 10.6 Å². The van der Waals surface area contributed by atoms with Gasteiger partial charge in [-0.3, -0.25) is 4.98 Å². The van der Waals surface area contributed by atoms with Gasteiger partial charge in [-0.1, -0.05) is 50.4 Å². The Hall–Kier alpha value is -2.91. The number of hydrogen-bond acceptors (Lipinski definition) is 7. The van der Waals surface area contributed by atoms with Crippen LogP contribution in [0.25, 0.3) is 16.7 Å². The standard InChI is InChI=1S/C26H32Cl2N6O3/c1-6-7-12-37-26(36)32-10-11-33(17(5)14-32)23-18-13-19(27)22(28)30-24(18)34(25(35)31-23)21-16(4)8-9-29-20(21)15(2)3/h8-9,13,15,17H,6-7,10-12,14H2,1-5H3. The van der Waals surface area contributed by atoms with Crippen molar-refractivity contribution in [3.05, 3.63) is 50.2 Å². The number of ether oxygens (including phenoxy) is 1. The summed E-state index contributed by atoms with van der Waals surface area (Å²) in [6.45, 7) is 11.8. The highest BCUT2D eigenvalue weighted by atomic mass is 35.5. The molecule has 0 aromatic carbocycles. The van der Waals surface area contributed by atoms with E-state index in [1.165, 1.54) is 4.57 Å². The fourth-order valence-corrected chi connectivity index (χ4v) is 4.91. The molecule has 1 atom stereocenters. The summed E-state index contributed by atoms with van der Waals surface area (Å²) in [5.74, 6) is 0.519. The number of carbonyl (C=O) groups is 1. The van der Waals surface area contributed by atoms with Crippen molar-refractivity contribution in [2.24, 2.45) is 0 Å². The van der Waals surface area contributed by atoms with Gasteiger partial charge in [-0.2, -0.15) is 4.98 Å². The van der Waals surface area contributed by atoms with E-state index in [9.17, 15) is 9.59 Å². The number of rotatable bonds is 6. The highest BCUT2D eigenvalue weighted by Gasteiger charge is 2.31. The summed E-state index contributed by atoms with van der Waals surface area (Å²) in [5, 5.41) is 0.956. The van der Waals surface area contributed by atoms with Crippen molar-refractivity contribution in [3.8, 4) is 5.69 Å². The van der Waals surface area contributed by atoms with Crippen LogP contribution in [0, 0.1) is 6.92 Å². The molecule has 0 saturated carbocycles. The van der Waals surface area contributed by atoms with E-state index in [1.807, 2.05) is 45.6 Å². The monoisotopic (exact) mass is 546 g/mol. The number of pyridine rings is 2. The highest BCUT2D eigenvalue weighted by Crippen LogP contribution is 2.33. The summed E-state index contributed by atoms with van der Waals surface area (Å²) in [6.07, 6.45) is 3.20. The summed E-state index contributed by atoms with van der Waals surface area (Å²) in [4.78, 5) is 43.4. The van der Waals surface area contributed by atoms with E-state index in [-0.39, 0.29) is 28.2 Å². The zero-order valence-corrected chi connectivity index (χ0v) is 23.3. The largest absolute Gasteiger partial charge is 0.449 e. The van der Waals surface area contributed by atoms with Gasteiger partial charge >= 0.3 is 11.8 Å². The van der Waals surface area contributed by atoms with E-state index in [4.69, 9.17) is 27.9 Å². The maximum Gasteiger partial charge on any atom is 0.409 e. The van der Waals surface area contributed by atoms with E-state index in [2.05, 4.69) is 15.0 Å². The second-order valence-corrected chi connectivity index (χ2v) is 10.4. The van der Waals surface area contributed by atoms with Gasteiger partial charge in [0.25, 0.3) is 0 Å². The first-order valence-electron chi connectivity index (χ1n) is 12.6. The maximum atomic E-state index is 13.6. The summed E-state index contributed by atoms with van der Waals surface area (Å²) < 4.78 is 6.86. The molecule has 0 radical (unpaired) electrons. The SMILES string of the molecule is CCCCOC(=O)N1CCN(c2nc(=O)n(-c3c(C)ccnc3C(C)C)c3nc(Cl)c(Cl)cc23)C(C)C1. The molecule has 1 unspecified atom stereocenters. The molecule has 0 aliphatic carbocycles. The number of nitrogens with zero attached hydrogens (tertiary/aromatic N) is 6. The van der Waals surface area contributed by atoms with Crippen LogP contribution in [0.1, 0.15) is 57.7 Å². The Kier molecular flexibility index (Phi) is 8.23. The fourth-order valence-electron chi connectivity index (χ4n) is 4.62. The minimum Gasteiger partial charge on any atom is -0.449 e. The van der Waals surface area contributed by atoms with Crippen molar-refractivity contribution >= 4 is 46.1 Å². The van der Waals surface area contributed by atoms with Gasteiger partial charge < -0.3 is 14.5 Å². The van der Waals surface area contributed by atoms with Gasteiger partial charge in [-0.15, -0.1) is 0 Å². The Morgan fingerprint density at radius 2 is 2.00 bits per heavy atom. The lowest BCUT2D eigenvalue weighted by atomic mass is 10.0. The second-order valence-electron chi connectivity index (χ2n) is 9.66. The normalized spacial score (nSPS) is 16.1. The molecule has 1 amide bonds. The van der Waals surface area contributed by atoms with Crippen LogP contribution in [0.15, 0.2) is 23.1 Å². The van der Waals surface area contributed by atoms with Crippen molar-refractivity contribution in [1.82, 2.24) is 24.4 Å². The van der Waals surface area contributed by atoms with E-state index < -0.39 is 5.69 Å². The maximum absolute atomic E-state index is 13.6. The lowest BCUT2D eigenvalue weighted by molar-refractivity contribution is 0.0944. The summed E-state index contributed by atoms with van der Waals surface area (Å²) in [7, 11) is 0. The average Bonchev–Trinajstić information content (AvgIpc) is 2.85. The molecule has 37 heavy (non-hydrogen) atoms. The van der Waals surface area contributed by atoms with Gasteiger partial charge in [-0.25, -0.2) is 19.1 Å². The highest BCUT2D eigenvalue weighted by molar-refractivity contribution is 6.41. The third-order valence-corrected chi connectivity index (χ3v) is 7.24. The minimum atomic E-state index is -0.486. The number of fused-ring (bicyclic) bond motifs is 1. The van der Waals surface area contributed by atoms with Gasteiger partial charge in [0.2, 0.25) is 0 Å². The third-order valence-electron chi connectivity index (χ3n) is 6.56. The number of halogens is 2. The van der Waals surface area contributed by atoms with Crippen LogP contribution in [-0.4, -0.2) is 62.8 Å². The van der Waals surface area contributed by atoms with E-state index in [1.54, 1.807) is 17.2 Å². The Labute approximate surface area is 226 Å². The quantitative estimate of drug-likeness (QED) is 0.303. The molecule has 1 aliphatic rings. The third kappa shape index (κ3) is 5.38. The lowest BCUT2D eigenvalue weighted by Gasteiger charge is -2.40. The molecule has 4 rings (SSSR count). The molecule has 198 valence electrons. The molecule has 9 nitrogen and oxygen atoms in total. The van der Waals surface area contributed by atoms with E-state index >= 15 is 0 Å². The molecule has 0 bridgehead atoms. The predicted molar refractivity (Wildman–Crippen MR) is 146 cm³/mol. The number of anilines is 1. The number of carbonyl (C=O) groups excluding carboxylic acids is 1. The first-order chi connectivity index (χ1) is 17.6. The van der Waals surface area contributed by atoms with Gasteiger partial charge in [-0.05, 0) is 43.9 Å². The van der Waals surface area contributed by atoms with Gasteiger partial charge in [0.1, 0.15) is 11.0 Å². The molecule has 11 heteroatoms. The molecule has 1 saturated heterocycles. The van der Waals surface area contributed by atoms with Crippen molar-refractivity contribution in [3.63, 3.8) is 0 Å². The summed E-state index contributed by atoms with van der Waals surface area (Å²) in [5.41, 5.74) is 2.14. The van der Waals surface area contributed by atoms with Crippen molar-refractivity contribution in [2.75, 3.05) is 31.1 Å². The molecule has 0 N–H and O–H groups in total. The van der Waals surface area contributed by atoms with Gasteiger partial charge in [0.05, 0.1) is 28.4 Å². The van der Waals surface area contributed by atoms with Crippen LogP contribution in [0.2, 0.25) is 10.2 Å². The first kappa shape index (κ1) is 27.1. The molecule has 4 heterocycles. The number of aryl methyl sites for hydroxylation is 1. The van der Waals surface area contributed by atoms with Crippen molar-refractivity contribution in [1.29, 1.82) is 0 Å². The summed E-state index contributed by atoms with van der Waals surface area (Å²) in [6, 6.07) is 3.43. The Balaban J connectivity index is 1.81. The van der Waals surface area contributed by atoms with Gasteiger partial charge in [0, 0.05) is 31.9 Å². The summed E-state index contributed by atoms with van der Waals surface area (Å²) >= 11 is 12.7. The Morgan fingerprint density at radius 1 is 1.24 bits per heavy atom. The predicted octanol–water partition coefficient (Wildman–Crippen LogP) is 5.36. The number of piperazine rings is 1. The zero-order chi connectivity index (χ0) is 26.9. The molecular weight excluding hydrogens is 515 g/mol. The molecule has 3 aromatic heterocycles. The molecule has 0 spiro atoms. The minimum absolute atomic E-state index is 0.0597. The van der Waals surface area contributed by atoms with E-state index in [0.29, 0.717) is 48.8 Å². The van der Waals surface area contributed by atoms with Crippen LogP contribution in [-0.2, 0) is 4.74 Å². The molecule has 1 fully saturated rings. The van der Waals surface area contributed by atoms with E-state index in [0.717, 1.165) is 24.1 Å².